The fourth-order valence-corrected chi connectivity index (χ4v) is 5.39. The number of carbonyl (C=O) groups excluding carboxylic acids is 2. The molecule has 1 aliphatic heterocycles. The lowest BCUT2D eigenvalue weighted by molar-refractivity contribution is -0.125. The van der Waals surface area contributed by atoms with Crippen LogP contribution in [-0.4, -0.2) is 51.9 Å². The molecule has 0 bridgehead atoms. The monoisotopic (exact) mass is 519 g/mol. The number of amides is 2. The molecule has 2 aliphatic rings. The van der Waals surface area contributed by atoms with Crippen molar-refractivity contribution >= 4 is 28.5 Å². The highest BCUT2D eigenvalue weighted by molar-refractivity contribution is 6.04. The van der Waals surface area contributed by atoms with E-state index in [1.165, 1.54) is 24.5 Å². The fourth-order valence-electron chi connectivity index (χ4n) is 5.39. The number of methoxy groups -OCH3 is 1. The quantitative estimate of drug-likeness (QED) is 0.332. The molecule has 1 N–H and O–H groups in total. The van der Waals surface area contributed by atoms with Gasteiger partial charge >= 0.3 is 0 Å². The molecule has 2 amide bonds. The van der Waals surface area contributed by atoms with Gasteiger partial charge in [-0.25, -0.2) is 15.0 Å². The molecular formula is C31H29N5O3. The Kier molecular flexibility index (Phi) is 6.52. The number of ether oxygens (including phenoxy) is 1. The summed E-state index contributed by atoms with van der Waals surface area (Å²) in [5.74, 6) is 1.55. The van der Waals surface area contributed by atoms with Crippen molar-refractivity contribution in [2.24, 2.45) is 0 Å². The number of anilines is 1. The van der Waals surface area contributed by atoms with Crippen molar-refractivity contribution in [3.8, 4) is 16.9 Å². The van der Waals surface area contributed by atoms with Gasteiger partial charge in [-0.2, -0.15) is 0 Å². The maximum absolute atomic E-state index is 13.1. The van der Waals surface area contributed by atoms with E-state index < -0.39 is 0 Å². The highest BCUT2D eigenvalue weighted by Crippen LogP contribution is 2.41. The maximum atomic E-state index is 13.1. The van der Waals surface area contributed by atoms with E-state index in [1.54, 1.807) is 38.0 Å². The van der Waals surface area contributed by atoms with Gasteiger partial charge in [-0.15, -0.1) is 0 Å². The first-order valence-electron chi connectivity index (χ1n) is 13.1. The predicted molar refractivity (Wildman–Crippen MR) is 150 cm³/mol. The molecule has 1 aliphatic carbocycles. The normalized spacial score (nSPS) is 16.7. The minimum atomic E-state index is -0.245. The number of aromatic nitrogens is 3. The van der Waals surface area contributed by atoms with Crippen LogP contribution in [0, 0.1) is 0 Å². The molecule has 8 heteroatoms. The van der Waals surface area contributed by atoms with Crippen molar-refractivity contribution < 1.29 is 14.3 Å². The predicted octanol–water partition coefficient (Wildman–Crippen LogP) is 5.33. The highest BCUT2D eigenvalue weighted by atomic mass is 16.5. The van der Waals surface area contributed by atoms with E-state index in [0.29, 0.717) is 36.1 Å². The molecule has 1 saturated carbocycles. The molecule has 2 aromatic carbocycles. The Bertz CT molecular complexity index is 1600. The smallest absolute Gasteiger partial charge is 0.256 e. The minimum absolute atomic E-state index is 0.0578. The molecule has 6 rings (SSSR count). The lowest BCUT2D eigenvalue weighted by atomic mass is 9.91. The van der Waals surface area contributed by atoms with Crippen LogP contribution < -0.4 is 10.1 Å². The fraction of sp³-hybridized carbons (Fsp3) is 0.258. The second-order valence-electron chi connectivity index (χ2n) is 10.1. The third kappa shape index (κ3) is 4.97. The molecule has 1 unspecified atom stereocenters. The van der Waals surface area contributed by atoms with E-state index in [2.05, 4.69) is 32.9 Å². The van der Waals surface area contributed by atoms with E-state index in [1.807, 2.05) is 29.2 Å². The van der Waals surface area contributed by atoms with Gasteiger partial charge in [0.15, 0.2) is 0 Å². The average molecular weight is 520 g/mol. The molecule has 3 heterocycles. The van der Waals surface area contributed by atoms with Crippen LogP contribution in [0.5, 0.6) is 5.75 Å². The zero-order chi connectivity index (χ0) is 26.9. The van der Waals surface area contributed by atoms with E-state index in [-0.39, 0.29) is 17.7 Å². The summed E-state index contributed by atoms with van der Waals surface area (Å²) in [6, 6.07) is 13.6. The van der Waals surface area contributed by atoms with Crippen LogP contribution >= 0.6 is 0 Å². The van der Waals surface area contributed by atoms with Gasteiger partial charge in [0.05, 0.1) is 12.6 Å². The first-order chi connectivity index (χ1) is 19.0. The van der Waals surface area contributed by atoms with Crippen molar-refractivity contribution in [2.45, 2.75) is 31.1 Å². The van der Waals surface area contributed by atoms with Crippen molar-refractivity contribution in [1.82, 2.24) is 19.9 Å². The molecule has 0 spiro atoms. The van der Waals surface area contributed by atoms with Gasteiger partial charge in [-0.3, -0.25) is 9.59 Å². The molecule has 8 nitrogen and oxygen atoms in total. The van der Waals surface area contributed by atoms with Crippen LogP contribution in [0.2, 0.25) is 0 Å². The molecule has 196 valence electrons. The highest BCUT2D eigenvalue weighted by Gasteiger charge is 2.28. The summed E-state index contributed by atoms with van der Waals surface area (Å²) in [5, 5.41) is 3.83. The van der Waals surface area contributed by atoms with Crippen LogP contribution in [0.4, 0.5) is 5.82 Å². The minimum Gasteiger partial charge on any atom is -0.496 e. The first kappa shape index (κ1) is 24.7. The molecule has 2 fully saturated rings. The summed E-state index contributed by atoms with van der Waals surface area (Å²) in [5.41, 5.74) is 5.42. The summed E-state index contributed by atoms with van der Waals surface area (Å²) in [6.45, 7) is 4.91. The van der Waals surface area contributed by atoms with E-state index in [9.17, 15) is 9.59 Å². The van der Waals surface area contributed by atoms with Crippen LogP contribution in [0.15, 0.2) is 73.8 Å². The van der Waals surface area contributed by atoms with Gasteiger partial charge in [0.25, 0.3) is 5.91 Å². The average Bonchev–Trinajstić information content (AvgIpc) is 3.72. The number of rotatable bonds is 7. The number of likely N-dealkylation sites (tertiary alicyclic amines) is 1. The lowest BCUT2D eigenvalue weighted by Crippen LogP contribution is -2.26. The molecule has 1 saturated heterocycles. The SMILES string of the molecule is C=CC(=O)N1CCC(c2cc(-c3ccc(C(=O)Nc4cc(C5CC5)ccn4)cc3OC)cc3cncnc23)C1. The third-order valence-corrected chi connectivity index (χ3v) is 7.60. The number of nitrogens with one attached hydrogen (secondary N) is 1. The summed E-state index contributed by atoms with van der Waals surface area (Å²) in [4.78, 5) is 40.2. The maximum Gasteiger partial charge on any atom is 0.256 e. The Hall–Kier alpha value is -4.59. The standard InChI is InChI=1S/C31H29N5O3/c1-3-29(37)36-11-9-22(17-36)26-13-23(12-24-16-32-18-34-30(24)26)25-7-6-21(14-27(25)39-2)31(38)35-28-15-20(8-10-33-28)19-4-5-19/h3,6-8,10,12-16,18-19,22H,1,4-5,9,11,17H2,2H3,(H,33,35,38). The zero-order valence-electron chi connectivity index (χ0n) is 21.8. The van der Waals surface area contributed by atoms with Crippen LogP contribution in [0.1, 0.15) is 52.6 Å². The third-order valence-electron chi connectivity index (χ3n) is 7.60. The number of fused-ring (bicyclic) bond motifs is 1. The summed E-state index contributed by atoms with van der Waals surface area (Å²) in [6.07, 6.45) is 9.67. The number of carbonyl (C=O) groups is 2. The Labute approximate surface area is 226 Å². The molecule has 0 radical (unpaired) electrons. The Morgan fingerprint density at radius 3 is 2.74 bits per heavy atom. The van der Waals surface area contributed by atoms with Gasteiger partial charge in [0.1, 0.15) is 17.9 Å². The van der Waals surface area contributed by atoms with Crippen molar-refractivity contribution in [3.05, 3.63) is 90.5 Å². The van der Waals surface area contributed by atoms with Gasteiger partial charge in [-0.1, -0.05) is 6.58 Å². The van der Waals surface area contributed by atoms with Crippen LogP contribution in [-0.2, 0) is 4.79 Å². The van der Waals surface area contributed by atoms with Crippen LogP contribution in [0.3, 0.4) is 0 Å². The number of hydrogen-bond donors (Lipinski definition) is 1. The van der Waals surface area contributed by atoms with Crippen LogP contribution in [0.25, 0.3) is 22.0 Å². The number of benzene rings is 2. The molecule has 4 aromatic rings. The van der Waals surface area contributed by atoms with Crippen molar-refractivity contribution in [3.63, 3.8) is 0 Å². The van der Waals surface area contributed by atoms with Gasteiger partial charge < -0.3 is 15.0 Å². The number of pyridine rings is 1. The Morgan fingerprint density at radius 2 is 1.95 bits per heavy atom. The molecule has 1 atom stereocenters. The van der Waals surface area contributed by atoms with Gasteiger partial charge in [-0.05, 0) is 90.4 Å². The first-order valence-corrected chi connectivity index (χ1v) is 13.1. The topological polar surface area (TPSA) is 97.3 Å². The summed E-state index contributed by atoms with van der Waals surface area (Å²) in [7, 11) is 1.60. The number of hydrogen-bond acceptors (Lipinski definition) is 6. The second-order valence-corrected chi connectivity index (χ2v) is 10.1. The summed E-state index contributed by atoms with van der Waals surface area (Å²) >= 11 is 0. The molecule has 39 heavy (non-hydrogen) atoms. The molecule has 2 aromatic heterocycles. The van der Waals surface area contributed by atoms with Gasteiger partial charge in [0.2, 0.25) is 5.91 Å². The zero-order valence-corrected chi connectivity index (χ0v) is 21.8. The van der Waals surface area contributed by atoms with E-state index in [4.69, 9.17) is 4.74 Å². The largest absolute Gasteiger partial charge is 0.496 e. The number of nitrogens with zero attached hydrogens (tertiary/aromatic N) is 4. The Balaban J connectivity index is 1.32. The molecular weight excluding hydrogens is 490 g/mol. The van der Waals surface area contributed by atoms with Crippen molar-refractivity contribution in [1.29, 1.82) is 0 Å². The second kappa shape index (κ2) is 10.3. The van der Waals surface area contributed by atoms with Gasteiger partial charge in [0, 0.05) is 47.9 Å². The van der Waals surface area contributed by atoms with E-state index >= 15 is 0 Å². The summed E-state index contributed by atoms with van der Waals surface area (Å²) < 4.78 is 5.75. The Morgan fingerprint density at radius 1 is 1.08 bits per heavy atom. The van der Waals surface area contributed by atoms with Crippen molar-refractivity contribution in [2.75, 3.05) is 25.5 Å². The lowest BCUT2D eigenvalue weighted by Gasteiger charge is -2.18. The van der Waals surface area contributed by atoms with E-state index in [0.717, 1.165) is 34.0 Å².